The van der Waals surface area contributed by atoms with E-state index < -0.39 is 0 Å². The van der Waals surface area contributed by atoms with E-state index in [0.717, 1.165) is 18.7 Å². The van der Waals surface area contributed by atoms with Gasteiger partial charge < -0.3 is 10.1 Å². The molecule has 0 aliphatic carbocycles. The number of ether oxygens (including phenoxy) is 1. The second-order valence-electron chi connectivity index (χ2n) is 4.01. The molecule has 0 radical (unpaired) electrons. The number of hydrogen-bond acceptors (Lipinski definition) is 2. The molecule has 1 aromatic carbocycles. The molecule has 1 N–H and O–H groups in total. The number of methoxy groups -OCH3 is 1. The van der Waals surface area contributed by atoms with Crippen molar-refractivity contribution < 1.29 is 4.74 Å². The van der Waals surface area contributed by atoms with Crippen molar-refractivity contribution in [2.24, 2.45) is 0 Å². The van der Waals surface area contributed by atoms with Crippen LogP contribution in [-0.2, 0) is 0 Å². The predicted molar refractivity (Wildman–Crippen MR) is 68.9 cm³/mol. The van der Waals surface area contributed by atoms with Crippen LogP contribution in [0.5, 0.6) is 5.75 Å². The molecule has 2 heteroatoms. The van der Waals surface area contributed by atoms with Crippen molar-refractivity contribution in [1.82, 2.24) is 5.32 Å². The molecule has 0 aromatic heterocycles. The zero-order valence-electron chi connectivity index (χ0n) is 10.6. The van der Waals surface area contributed by atoms with E-state index in [0.29, 0.717) is 6.04 Å². The first kappa shape index (κ1) is 13.0. The maximum Gasteiger partial charge on any atom is 0.123 e. The summed E-state index contributed by atoms with van der Waals surface area (Å²) in [7, 11) is 1.73. The predicted octanol–water partition coefficient (Wildman–Crippen LogP) is 3.54. The van der Waals surface area contributed by atoms with Gasteiger partial charge in [0, 0.05) is 11.6 Å². The standard InChI is InChI=1S/C14H23NO/c1-4-6-11-15-13(5-2)12-9-7-8-10-14(12)16-3/h7-10,13,15H,4-6,11H2,1-3H3. The van der Waals surface area contributed by atoms with Gasteiger partial charge in [0.05, 0.1) is 7.11 Å². The Morgan fingerprint density at radius 2 is 2.00 bits per heavy atom. The molecular weight excluding hydrogens is 198 g/mol. The Kier molecular flexibility index (Phi) is 5.94. The Morgan fingerprint density at radius 1 is 1.25 bits per heavy atom. The molecule has 0 bridgehead atoms. The second kappa shape index (κ2) is 7.29. The van der Waals surface area contributed by atoms with Crippen LogP contribution in [0.15, 0.2) is 24.3 Å². The fourth-order valence-electron chi connectivity index (χ4n) is 1.88. The minimum atomic E-state index is 0.405. The number of hydrogen-bond donors (Lipinski definition) is 1. The number of para-hydroxylation sites is 1. The van der Waals surface area contributed by atoms with E-state index in [-0.39, 0.29) is 0 Å². The monoisotopic (exact) mass is 221 g/mol. The van der Waals surface area contributed by atoms with Crippen molar-refractivity contribution in [2.75, 3.05) is 13.7 Å². The van der Waals surface area contributed by atoms with Gasteiger partial charge in [-0.15, -0.1) is 0 Å². The summed E-state index contributed by atoms with van der Waals surface area (Å²) in [6.07, 6.45) is 3.55. The van der Waals surface area contributed by atoms with Crippen molar-refractivity contribution in [3.05, 3.63) is 29.8 Å². The molecule has 0 amide bonds. The fraction of sp³-hybridized carbons (Fsp3) is 0.571. The first-order valence-corrected chi connectivity index (χ1v) is 6.19. The molecule has 1 rings (SSSR count). The van der Waals surface area contributed by atoms with Gasteiger partial charge in [-0.3, -0.25) is 0 Å². The highest BCUT2D eigenvalue weighted by molar-refractivity contribution is 5.35. The third kappa shape index (κ3) is 3.53. The number of unbranched alkanes of at least 4 members (excludes halogenated alkanes) is 1. The normalized spacial score (nSPS) is 12.4. The lowest BCUT2D eigenvalue weighted by atomic mass is 10.0. The summed E-state index contributed by atoms with van der Waals surface area (Å²) in [5.74, 6) is 0.985. The van der Waals surface area contributed by atoms with Crippen molar-refractivity contribution in [3.63, 3.8) is 0 Å². The molecule has 0 saturated carbocycles. The largest absolute Gasteiger partial charge is 0.496 e. The van der Waals surface area contributed by atoms with E-state index in [1.54, 1.807) is 7.11 Å². The number of rotatable bonds is 7. The first-order chi connectivity index (χ1) is 7.83. The van der Waals surface area contributed by atoms with E-state index in [4.69, 9.17) is 4.74 Å². The lowest BCUT2D eigenvalue weighted by Crippen LogP contribution is -2.22. The quantitative estimate of drug-likeness (QED) is 0.711. The van der Waals surface area contributed by atoms with E-state index >= 15 is 0 Å². The molecule has 1 atom stereocenters. The fourth-order valence-corrected chi connectivity index (χ4v) is 1.88. The molecule has 0 spiro atoms. The lowest BCUT2D eigenvalue weighted by Gasteiger charge is -2.19. The molecule has 90 valence electrons. The molecule has 2 nitrogen and oxygen atoms in total. The van der Waals surface area contributed by atoms with Gasteiger partial charge in [0.15, 0.2) is 0 Å². The smallest absolute Gasteiger partial charge is 0.123 e. The summed E-state index contributed by atoms with van der Waals surface area (Å²) in [6, 6.07) is 8.66. The van der Waals surface area contributed by atoms with Crippen molar-refractivity contribution >= 4 is 0 Å². The van der Waals surface area contributed by atoms with Crippen LogP contribution >= 0.6 is 0 Å². The molecule has 1 aromatic rings. The van der Waals surface area contributed by atoms with Crippen LogP contribution < -0.4 is 10.1 Å². The minimum Gasteiger partial charge on any atom is -0.496 e. The van der Waals surface area contributed by atoms with Gasteiger partial charge in [-0.05, 0) is 25.5 Å². The van der Waals surface area contributed by atoms with Crippen LogP contribution in [0, 0.1) is 0 Å². The van der Waals surface area contributed by atoms with Gasteiger partial charge >= 0.3 is 0 Å². The minimum absolute atomic E-state index is 0.405. The van der Waals surface area contributed by atoms with Crippen LogP contribution in [-0.4, -0.2) is 13.7 Å². The lowest BCUT2D eigenvalue weighted by molar-refractivity contribution is 0.396. The van der Waals surface area contributed by atoms with E-state index in [2.05, 4.69) is 31.3 Å². The average Bonchev–Trinajstić information content (AvgIpc) is 2.35. The van der Waals surface area contributed by atoms with Crippen LogP contribution in [0.2, 0.25) is 0 Å². The van der Waals surface area contributed by atoms with Crippen molar-refractivity contribution in [1.29, 1.82) is 0 Å². The van der Waals surface area contributed by atoms with Crippen LogP contribution in [0.25, 0.3) is 0 Å². The topological polar surface area (TPSA) is 21.3 Å². The Labute approximate surface area is 99.0 Å². The molecule has 16 heavy (non-hydrogen) atoms. The Bertz CT molecular complexity index is 299. The third-order valence-electron chi connectivity index (χ3n) is 2.84. The highest BCUT2D eigenvalue weighted by atomic mass is 16.5. The summed E-state index contributed by atoms with van der Waals surface area (Å²) in [4.78, 5) is 0. The maximum atomic E-state index is 5.39. The Hall–Kier alpha value is -1.02. The van der Waals surface area contributed by atoms with Crippen LogP contribution in [0.1, 0.15) is 44.7 Å². The van der Waals surface area contributed by atoms with Crippen molar-refractivity contribution in [3.8, 4) is 5.75 Å². The van der Waals surface area contributed by atoms with Gasteiger partial charge in [0.2, 0.25) is 0 Å². The molecule has 0 saturated heterocycles. The summed E-state index contributed by atoms with van der Waals surface area (Å²) in [5, 5.41) is 3.58. The van der Waals surface area contributed by atoms with Crippen molar-refractivity contribution in [2.45, 2.75) is 39.2 Å². The Morgan fingerprint density at radius 3 is 2.62 bits per heavy atom. The van der Waals surface area contributed by atoms with E-state index in [1.807, 2.05) is 12.1 Å². The van der Waals surface area contributed by atoms with E-state index in [1.165, 1.54) is 18.4 Å². The average molecular weight is 221 g/mol. The molecule has 0 fully saturated rings. The molecule has 1 unspecified atom stereocenters. The summed E-state index contributed by atoms with van der Waals surface area (Å²) >= 11 is 0. The Balaban J connectivity index is 2.69. The van der Waals surface area contributed by atoms with Gasteiger partial charge in [0.1, 0.15) is 5.75 Å². The van der Waals surface area contributed by atoms with E-state index in [9.17, 15) is 0 Å². The molecule has 0 heterocycles. The van der Waals surface area contributed by atoms with Gasteiger partial charge in [0.25, 0.3) is 0 Å². The number of benzene rings is 1. The highest BCUT2D eigenvalue weighted by Gasteiger charge is 2.12. The van der Waals surface area contributed by atoms with Gasteiger partial charge in [-0.1, -0.05) is 38.5 Å². The summed E-state index contributed by atoms with van der Waals surface area (Å²) in [6.45, 7) is 5.49. The first-order valence-electron chi connectivity index (χ1n) is 6.19. The zero-order chi connectivity index (χ0) is 11.8. The third-order valence-corrected chi connectivity index (χ3v) is 2.84. The molecule has 0 aliphatic heterocycles. The highest BCUT2D eigenvalue weighted by Crippen LogP contribution is 2.26. The SMILES string of the molecule is CCCCNC(CC)c1ccccc1OC. The number of nitrogens with one attached hydrogen (secondary N) is 1. The zero-order valence-corrected chi connectivity index (χ0v) is 10.6. The van der Waals surface area contributed by atoms with Gasteiger partial charge in [-0.2, -0.15) is 0 Å². The van der Waals surface area contributed by atoms with Crippen LogP contribution in [0.3, 0.4) is 0 Å². The maximum absolute atomic E-state index is 5.39. The van der Waals surface area contributed by atoms with Crippen LogP contribution in [0.4, 0.5) is 0 Å². The summed E-state index contributed by atoms with van der Waals surface area (Å²) in [5.41, 5.74) is 1.27. The molecular formula is C14H23NO. The molecule has 0 aliphatic rings. The van der Waals surface area contributed by atoms with Gasteiger partial charge in [-0.25, -0.2) is 0 Å². The summed E-state index contributed by atoms with van der Waals surface area (Å²) < 4.78 is 5.39. The second-order valence-corrected chi connectivity index (χ2v) is 4.01.